The van der Waals surface area contributed by atoms with Gasteiger partial charge in [-0.1, -0.05) is 32.1 Å². The Morgan fingerprint density at radius 1 is 1.10 bits per heavy atom. The summed E-state index contributed by atoms with van der Waals surface area (Å²) < 4.78 is 3.39. The molecular weight excluding hydrogens is 498 g/mol. The van der Waals surface area contributed by atoms with Crippen molar-refractivity contribution in [3.8, 4) is 12.1 Å². The Hall–Kier alpha value is -3.82. The highest BCUT2D eigenvalue weighted by atomic mass is 15.3. The van der Waals surface area contributed by atoms with Crippen LogP contribution in [-0.4, -0.2) is 64.1 Å². The second kappa shape index (κ2) is 11.7. The first-order valence-corrected chi connectivity index (χ1v) is 14.0. The Morgan fingerprint density at radius 3 is 2.35 bits per heavy atom. The van der Waals surface area contributed by atoms with Gasteiger partial charge in [-0.3, -0.25) is 14.4 Å². The smallest absolute Gasteiger partial charge is 0.147 e. The van der Waals surface area contributed by atoms with E-state index in [0.29, 0.717) is 23.3 Å². The van der Waals surface area contributed by atoms with Crippen molar-refractivity contribution in [2.24, 2.45) is 22.9 Å². The molecule has 1 aliphatic carbocycles. The molecule has 1 atom stereocenters. The molecule has 1 unspecified atom stereocenters. The minimum Gasteiger partial charge on any atom is -0.312 e. The molecule has 1 saturated carbocycles. The van der Waals surface area contributed by atoms with Gasteiger partial charge in [0, 0.05) is 62.2 Å². The van der Waals surface area contributed by atoms with E-state index in [9.17, 15) is 10.5 Å². The van der Waals surface area contributed by atoms with Crippen molar-refractivity contribution in [1.29, 1.82) is 15.9 Å². The lowest BCUT2D eigenvalue weighted by Gasteiger charge is -2.46. The van der Waals surface area contributed by atoms with Crippen molar-refractivity contribution in [2.75, 3.05) is 27.2 Å². The molecule has 0 spiro atoms. The molecule has 1 saturated heterocycles. The summed E-state index contributed by atoms with van der Waals surface area (Å²) in [5, 5.41) is 37.9. The van der Waals surface area contributed by atoms with Crippen molar-refractivity contribution in [3.63, 3.8) is 0 Å². The van der Waals surface area contributed by atoms with E-state index < -0.39 is 5.92 Å². The van der Waals surface area contributed by atoms with Crippen LogP contribution in [0, 0.1) is 38.9 Å². The van der Waals surface area contributed by atoms with E-state index in [1.165, 1.54) is 19.1 Å². The summed E-state index contributed by atoms with van der Waals surface area (Å²) in [6, 6.07) is 4.69. The Bertz CT molecular complexity index is 1430. The zero-order valence-corrected chi connectivity index (χ0v) is 24.7. The highest BCUT2D eigenvalue weighted by molar-refractivity contribution is 6.10. The largest absolute Gasteiger partial charge is 0.312 e. The highest BCUT2D eigenvalue weighted by Gasteiger charge is 2.39. The maximum absolute atomic E-state index is 10.2. The number of aromatic nitrogens is 4. The van der Waals surface area contributed by atoms with Crippen LogP contribution in [0.4, 0.5) is 0 Å². The molecule has 1 N–H and O–H groups in total. The Labute approximate surface area is 238 Å². The first kappa shape index (κ1) is 29.2. The van der Waals surface area contributed by atoms with Crippen LogP contribution in [0.2, 0.25) is 0 Å². The van der Waals surface area contributed by atoms with Gasteiger partial charge in [0.1, 0.15) is 23.5 Å². The summed E-state index contributed by atoms with van der Waals surface area (Å²) in [6.07, 6.45) is 14.1. The van der Waals surface area contributed by atoms with Crippen LogP contribution in [0.15, 0.2) is 23.2 Å². The molecule has 9 heteroatoms. The van der Waals surface area contributed by atoms with Gasteiger partial charge in [0.05, 0.1) is 17.9 Å². The van der Waals surface area contributed by atoms with Crippen molar-refractivity contribution in [2.45, 2.75) is 65.3 Å². The van der Waals surface area contributed by atoms with Gasteiger partial charge in [0.2, 0.25) is 0 Å². The second-order valence-corrected chi connectivity index (χ2v) is 12.1. The number of allylic oxidation sites excluding steroid dienone is 4. The first-order chi connectivity index (χ1) is 19.1. The zero-order chi connectivity index (χ0) is 29.1. The standard InChI is InChI=1S/C31H41N9/c1-7-22(19-35-4)28-24(10-11-30(2)12-13-30)37-40(27(28)18-34)14-8-9-23(16-32)29-25(36-39(6)26(29)17-33)15-31(3)20-38(5)21-31/h7-9,16,19,23,32H,10-15,20-21H2,1-6H3/b9-8+,22-7?,32-16?,35-19?. The number of hydrogen-bond donors (Lipinski definition) is 1. The summed E-state index contributed by atoms with van der Waals surface area (Å²) in [5.74, 6) is -0.395. The van der Waals surface area contributed by atoms with E-state index in [1.54, 1.807) is 29.7 Å². The topological polar surface area (TPSA) is 123 Å². The van der Waals surface area contributed by atoms with Crippen molar-refractivity contribution in [3.05, 3.63) is 52.1 Å². The molecule has 210 valence electrons. The van der Waals surface area contributed by atoms with Gasteiger partial charge < -0.3 is 10.3 Å². The molecule has 0 radical (unpaired) electrons. The summed E-state index contributed by atoms with van der Waals surface area (Å²) in [5.41, 5.74) is 5.84. The fraction of sp³-hybridized carbons (Fsp3) is 0.548. The lowest BCUT2D eigenvalue weighted by molar-refractivity contribution is 0.0387. The molecule has 40 heavy (non-hydrogen) atoms. The monoisotopic (exact) mass is 539 g/mol. The van der Waals surface area contributed by atoms with Crippen LogP contribution in [-0.2, 0) is 26.4 Å². The molecule has 2 fully saturated rings. The van der Waals surface area contributed by atoms with Crippen LogP contribution in [0.3, 0.4) is 0 Å². The summed E-state index contributed by atoms with van der Waals surface area (Å²) in [6.45, 7) is 8.86. The van der Waals surface area contributed by atoms with Crippen molar-refractivity contribution >= 4 is 18.0 Å². The maximum atomic E-state index is 10.2. The fourth-order valence-electron chi connectivity index (χ4n) is 6.07. The quantitative estimate of drug-likeness (QED) is 0.310. The number of hydrogen-bond acceptors (Lipinski definition) is 7. The minimum absolute atomic E-state index is 0.105. The Balaban J connectivity index is 1.63. The summed E-state index contributed by atoms with van der Waals surface area (Å²) >= 11 is 0. The normalized spacial score (nSPS) is 18.9. The molecule has 1 aliphatic heterocycles. The molecule has 2 aromatic rings. The predicted octanol–water partition coefficient (Wildman–Crippen LogP) is 4.68. The molecule has 2 aliphatic rings. The number of aryl methyl sites for hydroxylation is 2. The third kappa shape index (κ3) is 6.00. The Kier molecular flexibility index (Phi) is 8.56. The third-order valence-corrected chi connectivity index (χ3v) is 8.37. The SMILES string of the molecule is CC=C(C=NC)c1c(CCC2(C)CC2)nn(C/C=C/C(C=N)c2c(CC3(C)CN(C)C3)nn(C)c2C#N)c1C#N. The van der Waals surface area contributed by atoms with Gasteiger partial charge >= 0.3 is 0 Å². The van der Waals surface area contributed by atoms with Crippen LogP contribution in [0.5, 0.6) is 0 Å². The lowest BCUT2D eigenvalue weighted by Crippen LogP contribution is -2.53. The molecule has 0 aromatic carbocycles. The average Bonchev–Trinajstić information content (AvgIpc) is 3.42. The fourth-order valence-corrected chi connectivity index (χ4v) is 6.07. The second-order valence-electron chi connectivity index (χ2n) is 12.1. The number of likely N-dealkylation sites (tertiary alicyclic amines) is 1. The molecule has 0 amide bonds. The van der Waals surface area contributed by atoms with Gasteiger partial charge in [0.25, 0.3) is 0 Å². The highest BCUT2D eigenvalue weighted by Crippen LogP contribution is 2.49. The molecule has 9 nitrogen and oxygen atoms in total. The number of nitrogens with zero attached hydrogens (tertiary/aromatic N) is 8. The van der Waals surface area contributed by atoms with Gasteiger partial charge in [-0.2, -0.15) is 20.7 Å². The first-order valence-electron chi connectivity index (χ1n) is 14.0. The van der Waals surface area contributed by atoms with E-state index in [-0.39, 0.29) is 5.41 Å². The van der Waals surface area contributed by atoms with Crippen molar-refractivity contribution in [1.82, 2.24) is 24.5 Å². The Morgan fingerprint density at radius 2 is 1.80 bits per heavy atom. The molecule has 4 rings (SSSR count). The van der Waals surface area contributed by atoms with Gasteiger partial charge in [-0.15, -0.1) is 0 Å². The van der Waals surface area contributed by atoms with Gasteiger partial charge in [-0.25, -0.2) is 0 Å². The van der Waals surface area contributed by atoms with E-state index in [0.717, 1.165) is 60.4 Å². The molecule has 3 heterocycles. The average molecular weight is 540 g/mol. The van der Waals surface area contributed by atoms with Crippen LogP contribution < -0.4 is 0 Å². The molecular formula is C31H41N9. The molecule has 0 bridgehead atoms. The number of aliphatic imine (C=N–C) groups is 1. The molecule has 2 aromatic heterocycles. The van der Waals surface area contributed by atoms with E-state index in [4.69, 9.17) is 15.6 Å². The van der Waals surface area contributed by atoms with E-state index in [1.807, 2.05) is 25.2 Å². The van der Waals surface area contributed by atoms with Gasteiger partial charge in [-0.05, 0) is 56.9 Å². The van der Waals surface area contributed by atoms with E-state index >= 15 is 0 Å². The maximum Gasteiger partial charge on any atom is 0.147 e. The third-order valence-electron chi connectivity index (χ3n) is 8.37. The van der Waals surface area contributed by atoms with Gasteiger partial charge in [0.15, 0.2) is 0 Å². The number of nitrogens with one attached hydrogen (secondary N) is 1. The minimum atomic E-state index is -0.395. The van der Waals surface area contributed by atoms with E-state index in [2.05, 4.69) is 42.9 Å². The van der Waals surface area contributed by atoms with Crippen LogP contribution in [0.1, 0.15) is 79.9 Å². The summed E-state index contributed by atoms with van der Waals surface area (Å²) in [4.78, 5) is 6.49. The van der Waals surface area contributed by atoms with Crippen LogP contribution >= 0.6 is 0 Å². The summed E-state index contributed by atoms with van der Waals surface area (Å²) in [7, 11) is 5.63. The van der Waals surface area contributed by atoms with Crippen LogP contribution in [0.25, 0.3) is 5.57 Å². The number of rotatable bonds is 12. The predicted molar refractivity (Wildman–Crippen MR) is 159 cm³/mol. The zero-order valence-electron chi connectivity index (χ0n) is 24.7. The number of nitriles is 2. The lowest BCUT2D eigenvalue weighted by atomic mass is 9.77. The van der Waals surface area contributed by atoms with Crippen molar-refractivity contribution < 1.29 is 0 Å².